The van der Waals surface area contributed by atoms with Crippen molar-refractivity contribution in [2.75, 3.05) is 0 Å². The molecule has 0 aliphatic rings. The molecule has 0 spiro atoms. The highest BCUT2D eigenvalue weighted by Crippen LogP contribution is 2.24. The van der Waals surface area contributed by atoms with Gasteiger partial charge in [0.05, 0.1) is 5.69 Å². The van der Waals surface area contributed by atoms with Crippen molar-refractivity contribution in [1.82, 2.24) is 15.1 Å². The Morgan fingerprint density at radius 1 is 1.39 bits per heavy atom. The maximum Gasteiger partial charge on any atom is 0.0641 e. The molecule has 1 atom stereocenters. The average molecular weight is 263 g/mol. The molecule has 0 amide bonds. The van der Waals surface area contributed by atoms with E-state index in [2.05, 4.69) is 49.6 Å². The van der Waals surface area contributed by atoms with Gasteiger partial charge in [-0.15, -0.1) is 11.3 Å². The lowest BCUT2D eigenvalue weighted by Crippen LogP contribution is -2.18. The fourth-order valence-electron chi connectivity index (χ4n) is 2.25. The van der Waals surface area contributed by atoms with Gasteiger partial charge in [0, 0.05) is 35.8 Å². The van der Waals surface area contributed by atoms with Crippen LogP contribution in [0.2, 0.25) is 0 Å². The quantitative estimate of drug-likeness (QED) is 0.917. The summed E-state index contributed by atoms with van der Waals surface area (Å²) in [4.78, 5) is 1.43. The number of rotatable bonds is 4. The summed E-state index contributed by atoms with van der Waals surface area (Å²) in [5.74, 6) is 0. The minimum absolute atomic E-state index is 0.393. The summed E-state index contributed by atoms with van der Waals surface area (Å²) in [6.45, 7) is 9.47. The third-order valence-electron chi connectivity index (χ3n) is 3.54. The molecule has 2 aromatic rings. The molecule has 0 bridgehead atoms. The maximum atomic E-state index is 4.45. The molecule has 1 N–H and O–H groups in total. The summed E-state index contributed by atoms with van der Waals surface area (Å²) in [6, 6.07) is 2.57. The normalized spacial score (nSPS) is 12.9. The number of hydrogen-bond donors (Lipinski definition) is 1. The van der Waals surface area contributed by atoms with Gasteiger partial charge >= 0.3 is 0 Å². The SMILES string of the molecule is Cc1ccsc1C(C)NCc1c(C)nn(C)c1C. The third kappa shape index (κ3) is 2.49. The molecule has 1 unspecified atom stereocenters. The van der Waals surface area contributed by atoms with Crippen molar-refractivity contribution in [2.45, 2.75) is 40.3 Å². The third-order valence-corrected chi connectivity index (χ3v) is 4.74. The topological polar surface area (TPSA) is 29.9 Å². The summed E-state index contributed by atoms with van der Waals surface area (Å²) in [5, 5.41) is 10.2. The summed E-state index contributed by atoms with van der Waals surface area (Å²) in [7, 11) is 2.00. The molecule has 98 valence electrons. The van der Waals surface area contributed by atoms with Crippen LogP contribution in [-0.2, 0) is 13.6 Å². The molecule has 4 heteroatoms. The second-order valence-corrected chi connectivity index (χ2v) is 5.79. The van der Waals surface area contributed by atoms with Crippen LogP contribution in [-0.4, -0.2) is 9.78 Å². The Kier molecular flexibility index (Phi) is 3.88. The van der Waals surface area contributed by atoms with Crippen molar-refractivity contribution in [3.8, 4) is 0 Å². The first kappa shape index (κ1) is 13.3. The molecular formula is C14H21N3S. The van der Waals surface area contributed by atoms with Gasteiger partial charge in [-0.05, 0) is 44.7 Å². The Morgan fingerprint density at radius 3 is 2.61 bits per heavy atom. The van der Waals surface area contributed by atoms with E-state index in [9.17, 15) is 0 Å². The number of hydrogen-bond acceptors (Lipinski definition) is 3. The second-order valence-electron chi connectivity index (χ2n) is 4.84. The zero-order chi connectivity index (χ0) is 13.3. The lowest BCUT2D eigenvalue weighted by Gasteiger charge is -2.13. The van der Waals surface area contributed by atoms with E-state index < -0.39 is 0 Å². The molecule has 0 aliphatic heterocycles. The van der Waals surface area contributed by atoms with E-state index in [4.69, 9.17) is 0 Å². The van der Waals surface area contributed by atoms with Crippen LogP contribution in [0.25, 0.3) is 0 Å². The van der Waals surface area contributed by atoms with Crippen LogP contribution in [0, 0.1) is 20.8 Å². The molecule has 0 aromatic carbocycles. The summed E-state index contributed by atoms with van der Waals surface area (Å²) in [5.41, 5.74) is 5.06. The molecule has 0 aliphatic carbocycles. The van der Waals surface area contributed by atoms with Crippen LogP contribution in [0.3, 0.4) is 0 Å². The molecule has 0 saturated carbocycles. The molecule has 2 aromatic heterocycles. The molecule has 0 saturated heterocycles. The van der Waals surface area contributed by atoms with Crippen molar-refractivity contribution in [1.29, 1.82) is 0 Å². The Labute approximate surface area is 113 Å². The highest BCUT2D eigenvalue weighted by molar-refractivity contribution is 7.10. The van der Waals surface area contributed by atoms with E-state index in [1.165, 1.54) is 21.7 Å². The minimum Gasteiger partial charge on any atom is -0.305 e. The standard InChI is InChI=1S/C14H21N3S/c1-9-6-7-18-14(9)11(3)15-8-13-10(2)16-17(5)12(13)4/h6-7,11,15H,8H2,1-5H3. The Hall–Kier alpha value is -1.13. The van der Waals surface area contributed by atoms with Gasteiger partial charge in [-0.3, -0.25) is 4.68 Å². The van der Waals surface area contributed by atoms with Gasteiger partial charge in [-0.25, -0.2) is 0 Å². The highest BCUT2D eigenvalue weighted by Gasteiger charge is 2.13. The Morgan fingerprint density at radius 2 is 2.11 bits per heavy atom. The molecule has 0 fully saturated rings. The summed E-state index contributed by atoms with van der Waals surface area (Å²) in [6.07, 6.45) is 0. The van der Waals surface area contributed by atoms with Crippen LogP contribution in [0.15, 0.2) is 11.4 Å². The zero-order valence-electron chi connectivity index (χ0n) is 11.7. The van der Waals surface area contributed by atoms with E-state index >= 15 is 0 Å². The van der Waals surface area contributed by atoms with Gasteiger partial charge in [-0.2, -0.15) is 5.10 Å². The summed E-state index contributed by atoms with van der Waals surface area (Å²) >= 11 is 1.82. The first-order valence-electron chi connectivity index (χ1n) is 6.27. The van der Waals surface area contributed by atoms with Gasteiger partial charge in [-0.1, -0.05) is 0 Å². The van der Waals surface area contributed by atoms with Crippen molar-refractivity contribution in [3.05, 3.63) is 38.8 Å². The van der Waals surface area contributed by atoms with Gasteiger partial charge < -0.3 is 5.32 Å². The largest absolute Gasteiger partial charge is 0.305 e. The van der Waals surface area contributed by atoms with Crippen molar-refractivity contribution in [2.24, 2.45) is 7.05 Å². The van der Waals surface area contributed by atoms with Crippen LogP contribution in [0.1, 0.15) is 40.4 Å². The Bertz CT molecular complexity index is 539. The number of nitrogens with one attached hydrogen (secondary N) is 1. The van der Waals surface area contributed by atoms with Crippen LogP contribution in [0.5, 0.6) is 0 Å². The van der Waals surface area contributed by atoms with Crippen LogP contribution < -0.4 is 5.32 Å². The van der Waals surface area contributed by atoms with Crippen molar-refractivity contribution in [3.63, 3.8) is 0 Å². The van der Waals surface area contributed by atoms with Crippen LogP contribution >= 0.6 is 11.3 Å². The molecule has 2 rings (SSSR count). The highest BCUT2D eigenvalue weighted by atomic mass is 32.1. The van der Waals surface area contributed by atoms with Crippen LogP contribution in [0.4, 0.5) is 0 Å². The minimum atomic E-state index is 0.393. The Balaban J connectivity index is 2.06. The molecule has 0 radical (unpaired) electrons. The van der Waals surface area contributed by atoms with E-state index in [1.54, 1.807) is 0 Å². The average Bonchev–Trinajstić information content (AvgIpc) is 2.83. The monoisotopic (exact) mass is 263 g/mol. The fraction of sp³-hybridized carbons (Fsp3) is 0.500. The van der Waals surface area contributed by atoms with Gasteiger partial charge in [0.15, 0.2) is 0 Å². The zero-order valence-corrected chi connectivity index (χ0v) is 12.6. The number of nitrogens with zero attached hydrogens (tertiary/aromatic N) is 2. The number of thiophene rings is 1. The lowest BCUT2D eigenvalue weighted by atomic mass is 10.1. The number of aromatic nitrogens is 2. The van der Waals surface area contributed by atoms with Gasteiger partial charge in [0.1, 0.15) is 0 Å². The van der Waals surface area contributed by atoms with E-state index in [1.807, 2.05) is 23.1 Å². The molecule has 2 heterocycles. The van der Waals surface area contributed by atoms with E-state index in [0.717, 1.165) is 12.2 Å². The predicted octanol–water partition coefficient (Wildman–Crippen LogP) is 3.26. The lowest BCUT2D eigenvalue weighted by molar-refractivity contribution is 0.577. The van der Waals surface area contributed by atoms with E-state index in [-0.39, 0.29) is 0 Å². The fourth-order valence-corrected chi connectivity index (χ4v) is 3.21. The predicted molar refractivity (Wildman–Crippen MR) is 77.0 cm³/mol. The van der Waals surface area contributed by atoms with E-state index in [0.29, 0.717) is 6.04 Å². The smallest absolute Gasteiger partial charge is 0.0641 e. The van der Waals surface area contributed by atoms with Crippen molar-refractivity contribution < 1.29 is 0 Å². The molecule has 3 nitrogen and oxygen atoms in total. The number of aryl methyl sites for hydroxylation is 3. The van der Waals surface area contributed by atoms with Crippen molar-refractivity contribution >= 4 is 11.3 Å². The first-order chi connectivity index (χ1) is 8.50. The molecular weight excluding hydrogens is 242 g/mol. The maximum absolute atomic E-state index is 4.45. The second kappa shape index (κ2) is 5.24. The summed E-state index contributed by atoms with van der Waals surface area (Å²) < 4.78 is 1.95. The van der Waals surface area contributed by atoms with Gasteiger partial charge in [0.2, 0.25) is 0 Å². The van der Waals surface area contributed by atoms with Gasteiger partial charge in [0.25, 0.3) is 0 Å². The first-order valence-corrected chi connectivity index (χ1v) is 7.15. The molecule has 18 heavy (non-hydrogen) atoms.